The lowest BCUT2D eigenvalue weighted by molar-refractivity contribution is -0.136. The summed E-state index contributed by atoms with van der Waals surface area (Å²) >= 11 is 0. The maximum atomic E-state index is 5.96. The van der Waals surface area contributed by atoms with Gasteiger partial charge in [0, 0.05) is 0 Å². The SMILES string of the molecule is CC(C)OC(OC(C)C)[SiH2]C(C)[SiH2]C(OC(C)C)OC(C)C. The molecule has 0 aromatic rings. The predicted molar refractivity (Wildman–Crippen MR) is 99.0 cm³/mol. The molecule has 0 saturated carbocycles. The highest BCUT2D eigenvalue weighted by Gasteiger charge is 2.23. The van der Waals surface area contributed by atoms with Crippen molar-refractivity contribution in [2.45, 2.75) is 104 Å². The molecule has 0 atom stereocenters. The van der Waals surface area contributed by atoms with E-state index < -0.39 is 19.0 Å². The Morgan fingerprint density at radius 3 is 0.864 bits per heavy atom. The summed E-state index contributed by atoms with van der Waals surface area (Å²) in [6.07, 6.45) is 0.832. The quantitative estimate of drug-likeness (QED) is 0.400. The Morgan fingerprint density at radius 2 is 0.682 bits per heavy atom. The third-order valence-corrected chi connectivity index (χ3v) is 8.03. The van der Waals surface area contributed by atoms with Crippen LogP contribution < -0.4 is 0 Å². The van der Waals surface area contributed by atoms with Gasteiger partial charge in [-0.2, -0.15) is 0 Å². The van der Waals surface area contributed by atoms with Crippen LogP contribution in [0.3, 0.4) is 0 Å². The number of rotatable bonds is 12. The Hall–Kier alpha value is 0.274. The van der Waals surface area contributed by atoms with Crippen LogP contribution in [-0.4, -0.2) is 55.3 Å². The first-order chi connectivity index (χ1) is 10.1. The lowest BCUT2D eigenvalue weighted by Crippen LogP contribution is -2.38. The topological polar surface area (TPSA) is 36.9 Å². The fourth-order valence-electron chi connectivity index (χ4n) is 2.25. The molecule has 0 aromatic heterocycles. The second-order valence-electron chi connectivity index (χ2n) is 7.18. The molecule has 0 heterocycles. The second kappa shape index (κ2) is 11.8. The summed E-state index contributed by atoms with van der Waals surface area (Å²) in [5.41, 5.74) is 0. The summed E-state index contributed by atoms with van der Waals surface area (Å²) in [6.45, 7) is 18.9. The molecule has 0 N–H and O–H groups in total. The van der Waals surface area contributed by atoms with Gasteiger partial charge in [0.1, 0.15) is 11.8 Å². The van der Waals surface area contributed by atoms with Gasteiger partial charge in [-0.1, -0.05) is 12.1 Å². The van der Waals surface area contributed by atoms with Crippen molar-refractivity contribution >= 4 is 19.0 Å². The Kier molecular flexibility index (Phi) is 11.9. The molecule has 0 unspecified atom stereocenters. The monoisotopic (exact) mass is 350 g/mol. The summed E-state index contributed by atoms with van der Waals surface area (Å²) in [7, 11) is -0.978. The van der Waals surface area contributed by atoms with Crippen molar-refractivity contribution in [3.8, 4) is 0 Å². The summed E-state index contributed by atoms with van der Waals surface area (Å²) in [4.78, 5) is 0. The van der Waals surface area contributed by atoms with Gasteiger partial charge in [-0.25, -0.2) is 0 Å². The minimum atomic E-state index is -0.489. The average Bonchev–Trinajstić information content (AvgIpc) is 2.23. The molecule has 22 heavy (non-hydrogen) atoms. The van der Waals surface area contributed by atoms with Crippen LogP contribution in [0, 0.1) is 0 Å². The van der Waals surface area contributed by atoms with E-state index in [4.69, 9.17) is 18.9 Å². The fraction of sp³-hybridized carbons (Fsp3) is 1.00. The van der Waals surface area contributed by atoms with Gasteiger partial charge in [-0.3, -0.25) is 0 Å². The normalized spacial score (nSPS) is 15.4. The number of hydrogen-bond donors (Lipinski definition) is 0. The molecule has 134 valence electrons. The van der Waals surface area contributed by atoms with Gasteiger partial charge in [-0.05, 0) is 55.4 Å². The molecule has 0 fully saturated rings. The third-order valence-electron chi connectivity index (χ3n) is 2.89. The van der Waals surface area contributed by atoms with Gasteiger partial charge in [0.15, 0.2) is 0 Å². The van der Waals surface area contributed by atoms with Crippen molar-refractivity contribution in [1.82, 2.24) is 0 Å². The minimum absolute atomic E-state index is 0.00116. The van der Waals surface area contributed by atoms with E-state index in [2.05, 4.69) is 62.3 Å². The van der Waals surface area contributed by atoms with Crippen LogP contribution >= 0.6 is 0 Å². The minimum Gasteiger partial charge on any atom is -0.354 e. The van der Waals surface area contributed by atoms with E-state index in [1.54, 1.807) is 0 Å². The largest absolute Gasteiger partial charge is 0.354 e. The van der Waals surface area contributed by atoms with E-state index in [-0.39, 0.29) is 36.2 Å². The van der Waals surface area contributed by atoms with Gasteiger partial charge in [0.2, 0.25) is 0 Å². The molecule has 0 aromatic carbocycles. The highest BCUT2D eigenvalue weighted by Crippen LogP contribution is 2.14. The summed E-state index contributed by atoms with van der Waals surface area (Å²) < 4.78 is 23.8. The van der Waals surface area contributed by atoms with Crippen LogP contribution in [-0.2, 0) is 18.9 Å². The van der Waals surface area contributed by atoms with Crippen molar-refractivity contribution in [3.05, 3.63) is 0 Å². The third kappa shape index (κ3) is 12.8. The molecule has 0 aliphatic rings. The first-order valence-electron chi connectivity index (χ1n) is 8.71. The predicted octanol–water partition coefficient (Wildman–Crippen LogP) is 2.36. The van der Waals surface area contributed by atoms with Crippen molar-refractivity contribution < 1.29 is 18.9 Å². The van der Waals surface area contributed by atoms with Gasteiger partial charge in [-0.15, -0.1) is 0 Å². The molecule has 4 nitrogen and oxygen atoms in total. The molecule has 0 radical (unpaired) electrons. The maximum absolute atomic E-state index is 5.96. The van der Waals surface area contributed by atoms with Gasteiger partial charge < -0.3 is 18.9 Å². The lowest BCUT2D eigenvalue weighted by atomic mass is 10.5. The van der Waals surface area contributed by atoms with Crippen LogP contribution in [0.1, 0.15) is 62.3 Å². The Balaban J connectivity index is 4.50. The van der Waals surface area contributed by atoms with Crippen molar-refractivity contribution in [2.24, 2.45) is 0 Å². The maximum Gasteiger partial charge on any atom is 0.135 e. The number of hydrogen-bond acceptors (Lipinski definition) is 4. The highest BCUT2D eigenvalue weighted by molar-refractivity contribution is 6.59. The van der Waals surface area contributed by atoms with E-state index in [1.165, 1.54) is 0 Å². The molecule has 0 bridgehead atoms. The van der Waals surface area contributed by atoms with Gasteiger partial charge >= 0.3 is 0 Å². The molecule has 0 aliphatic carbocycles. The smallest absolute Gasteiger partial charge is 0.135 e. The zero-order valence-corrected chi connectivity index (χ0v) is 18.9. The molecular weight excluding hydrogens is 312 g/mol. The van der Waals surface area contributed by atoms with E-state index in [0.717, 1.165) is 0 Å². The zero-order chi connectivity index (χ0) is 17.3. The standard InChI is InChI=1S/C16H38O4Si2/c1-10(2)17-15(18-11(3)4)21-14(9)22-16(19-12(5)6)20-13(7)8/h10-16H,21-22H2,1-9H3. The summed E-state index contributed by atoms with van der Waals surface area (Å²) in [5, 5.41) is 0.671. The highest BCUT2D eigenvalue weighted by atomic mass is 28.3. The van der Waals surface area contributed by atoms with Crippen LogP contribution in [0.15, 0.2) is 0 Å². The molecule has 0 rings (SSSR count). The average molecular weight is 351 g/mol. The molecule has 0 aliphatic heterocycles. The fourth-order valence-corrected chi connectivity index (χ4v) is 7.95. The Bertz CT molecular complexity index is 227. The van der Waals surface area contributed by atoms with E-state index in [0.29, 0.717) is 5.16 Å². The first-order valence-corrected chi connectivity index (χ1v) is 12.0. The molecule has 0 amide bonds. The van der Waals surface area contributed by atoms with Crippen LogP contribution in [0.2, 0.25) is 5.16 Å². The van der Waals surface area contributed by atoms with Crippen LogP contribution in [0.4, 0.5) is 0 Å². The summed E-state index contributed by atoms with van der Waals surface area (Å²) in [5.74, 6) is 0.00231. The van der Waals surface area contributed by atoms with Crippen LogP contribution in [0.5, 0.6) is 0 Å². The molecular formula is C16H38O4Si2. The molecule has 0 spiro atoms. The Morgan fingerprint density at radius 1 is 0.455 bits per heavy atom. The second-order valence-corrected chi connectivity index (χ2v) is 13.4. The van der Waals surface area contributed by atoms with Crippen molar-refractivity contribution in [2.75, 3.05) is 0 Å². The van der Waals surface area contributed by atoms with Gasteiger partial charge in [0.25, 0.3) is 0 Å². The number of ether oxygens (including phenoxy) is 4. The zero-order valence-electron chi connectivity index (χ0n) is 16.1. The van der Waals surface area contributed by atoms with Crippen molar-refractivity contribution in [3.63, 3.8) is 0 Å². The first kappa shape index (κ1) is 22.3. The van der Waals surface area contributed by atoms with Gasteiger partial charge in [0.05, 0.1) is 43.5 Å². The lowest BCUT2D eigenvalue weighted by Gasteiger charge is -2.28. The van der Waals surface area contributed by atoms with E-state index >= 15 is 0 Å². The Labute approximate surface area is 142 Å². The molecule has 0 saturated heterocycles. The van der Waals surface area contributed by atoms with Crippen molar-refractivity contribution in [1.29, 1.82) is 0 Å². The summed E-state index contributed by atoms with van der Waals surface area (Å²) in [6, 6.07) is 0. The van der Waals surface area contributed by atoms with E-state index in [1.807, 2.05) is 0 Å². The van der Waals surface area contributed by atoms with E-state index in [9.17, 15) is 0 Å². The van der Waals surface area contributed by atoms with Crippen LogP contribution in [0.25, 0.3) is 0 Å². The molecule has 6 heteroatoms.